The van der Waals surface area contributed by atoms with Crippen molar-refractivity contribution in [1.82, 2.24) is 9.78 Å². The summed E-state index contributed by atoms with van der Waals surface area (Å²) in [4.78, 5) is 11.3. The van der Waals surface area contributed by atoms with Gasteiger partial charge in [-0.2, -0.15) is 5.10 Å². The summed E-state index contributed by atoms with van der Waals surface area (Å²) < 4.78 is 1.69. The topological polar surface area (TPSA) is 60.9 Å². The van der Waals surface area contributed by atoms with Crippen LogP contribution in [0.15, 0.2) is 0 Å². The minimum Gasteiger partial charge on any atom is -0.383 e. The molecule has 0 aliphatic carbocycles. The number of anilines is 1. The Morgan fingerprint density at radius 2 is 1.93 bits per heavy atom. The van der Waals surface area contributed by atoms with Gasteiger partial charge in [-0.25, -0.2) is 4.68 Å². The van der Waals surface area contributed by atoms with Crippen LogP contribution >= 0.6 is 0 Å². The van der Waals surface area contributed by atoms with E-state index in [-0.39, 0.29) is 11.3 Å². The van der Waals surface area contributed by atoms with Crippen LogP contribution in [0.4, 0.5) is 5.82 Å². The second-order valence-corrected chi connectivity index (χ2v) is 4.48. The zero-order chi connectivity index (χ0) is 11.1. The Morgan fingerprint density at radius 3 is 2.14 bits per heavy atom. The van der Waals surface area contributed by atoms with Crippen molar-refractivity contribution >= 4 is 11.6 Å². The largest absolute Gasteiger partial charge is 0.383 e. The molecule has 0 aliphatic rings. The number of aryl methyl sites for hydroxylation is 1. The minimum atomic E-state index is -0.192. The Balaban J connectivity index is 3.39. The lowest BCUT2D eigenvalue weighted by molar-refractivity contribution is 0.101. The van der Waals surface area contributed by atoms with Crippen LogP contribution in [0.3, 0.4) is 0 Å². The highest BCUT2D eigenvalue weighted by Gasteiger charge is 2.23. The number of nitrogens with zero attached hydrogens (tertiary/aromatic N) is 2. The molecule has 0 fully saturated rings. The molecule has 0 bridgehead atoms. The van der Waals surface area contributed by atoms with Crippen molar-refractivity contribution in [2.24, 2.45) is 0 Å². The molecule has 1 rings (SSSR count). The van der Waals surface area contributed by atoms with Crippen molar-refractivity contribution in [1.29, 1.82) is 0 Å². The van der Waals surface area contributed by atoms with Gasteiger partial charge < -0.3 is 5.73 Å². The van der Waals surface area contributed by atoms with Crippen LogP contribution < -0.4 is 5.73 Å². The molecule has 1 aromatic heterocycles. The van der Waals surface area contributed by atoms with E-state index in [1.54, 1.807) is 11.6 Å². The molecule has 1 aromatic rings. The van der Waals surface area contributed by atoms with Gasteiger partial charge in [-0.15, -0.1) is 0 Å². The number of Topliss-reactive ketones (excluding diaryl/α,β-unsaturated/α-hetero) is 1. The van der Waals surface area contributed by atoms with Crippen molar-refractivity contribution in [3.05, 3.63) is 11.3 Å². The van der Waals surface area contributed by atoms with Gasteiger partial charge in [-0.3, -0.25) is 4.79 Å². The third-order valence-corrected chi connectivity index (χ3v) is 2.08. The fourth-order valence-corrected chi connectivity index (χ4v) is 1.49. The molecule has 0 radical (unpaired) electrons. The van der Waals surface area contributed by atoms with E-state index in [1.165, 1.54) is 6.92 Å². The number of aromatic nitrogens is 2. The van der Waals surface area contributed by atoms with Gasteiger partial charge in [0.05, 0.1) is 16.8 Å². The number of hydrogen-bond donors (Lipinski definition) is 1. The fraction of sp³-hybridized carbons (Fsp3) is 0.600. The summed E-state index contributed by atoms with van der Waals surface area (Å²) in [5.41, 5.74) is 6.92. The molecule has 0 saturated heterocycles. The van der Waals surface area contributed by atoms with Crippen LogP contribution in [0.25, 0.3) is 0 Å². The molecular weight excluding hydrogens is 178 g/mol. The van der Waals surface area contributed by atoms with Crippen LogP contribution in [-0.4, -0.2) is 15.6 Å². The fourth-order valence-electron chi connectivity index (χ4n) is 1.49. The monoisotopic (exact) mass is 195 g/mol. The van der Waals surface area contributed by atoms with E-state index in [0.717, 1.165) is 0 Å². The average molecular weight is 195 g/mol. The maximum Gasteiger partial charge on any atom is 0.165 e. The molecule has 2 N–H and O–H groups in total. The molecule has 14 heavy (non-hydrogen) atoms. The second-order valence-electron chi connectivity index (χ2n) is 4.48. The quantitative estimate of drug-likeness (QED) is 0.694. The molecule has 0 spiro atoms. The highest BCUT2D eigenvalue weighted by molar-refractivity contribution is 5.99. The molecule has 1 heterocycles. The third-order valence-electron chi connectivity index (χ3n) is 2.08. The van der Waals surface area contributed by atoms with Gasteiger partial charge >= 0.3 is 0 Å². The first kappa shape index (κ1) is 10.8. The molecule has 0 saturated carbocycles. The van der Waals surface area contributed by atoms with Crippen LogP contribution in [0.2, 0.25) is 0 Å². The summed E-state index contributed by atoms with van der Waals surface area (Å²) in [5.74, 6) is 0.429. The van der Waals surface area contributed by atoms with Crippen LogP contribution in [0.1, 0.15) is 43.7 Å². The first-order valence-electron chi connectivity index (χ1n) is 4.61. The van der Waals surface area contributed by atoms with Gasteiger partial charge in [0.2, 0.25) is 0 Å². The summed E-state index contributed by atoms with van der Waals surface area (Å²) >= 11 is 0. The highest BCUT2D eigenvalue weighted by atomic mass is 16.1. The summed E-state index contributed by atoms with van der Waals surface area (Å²) in [6, 6.07) is 0. The maximum atomic E-state index is 11.3. The molecule has 0 aliphatic heterocycles. The van der Waals surface area contributed by atoms with E-state index in [4.69, 9.17) is 5.73 Å². The summed E-state index contributed by atoms with van der Waals surface area (Å²) in [5, 5.41) is 4.27. The summed E-state index contributed by atoms with van der Waals surface area (Å²) in [6.45, 7) is 9.31. The van der Waals surface area contributed by atoms with Crippen molar-refractivity contribution in [3.63, 3.8) is 0 Å². The van der Waals surface area contributed by atoms with Crippen molar-refractivity contribution < 1.29 is 4.79 Å². The van der Waals surface area contributed by atoms with Crippen LogP contribution in [0, 0.1) is 6.92 Å². The Hall–Kier alpha value is -1.32. The molecule has 0 amide bonds. The predicted molar refractivity (Wildman–Crippen MR) is 56.4 cm³/mol. The molecule has 0 atom stereocenters. The van der Waals surface area contributed by atoms with E-state index in [2.05, 4.69) is 5.10 Å². The van der Waals surface area contributed by atoms with E-state index in [0.29, 0.717) is 17.1 Å². The first-order chi connectivity index (χ1) is 6.25. The molecule has 4 heteroatoms. The lowest BCUT2D eigenvalue weighted by Crippen LogP contribution is -2.25. The van der Waals surface area contributed by atoms with Gasteiger partial charge in [0.1, 0.15) is 5.82 Å². The van der Waals surface area contributed by atoms with E-state index >= 15 is 0 Å². The molecule has 78 valence electrons. The van der Waals surface area contributed by atoms with Crippen LogP contribution in [0.5, 0.6) is 0 Å². The highest BCUT2D eigenvalue weighted by Crippen LogP contribution is 2.23. The van der Waals surface area contributed by atoms with Crippen LogP contribution in [-0.2, 0) is 5.54 Å². The van der Waals surface area contributed by atoms with Gasteiger partial charge in [0.15, 0.2) is 5.78 Å². The van der Waals surface area contributed by atoms with E-state index in [1.807, 2.05) is 20.8 Å². The van der Waals surface area contributed by atoms with E-state index in [9.17, 15) is 4.79 Å². The number of ketones is 1. The second kappa shape index (κ2) is 3.12. The lowest BCUT2D eigenvalue weighted by Gasteiger charge is -2.20. The Kier molecular flexibility index (Phi) is 2.39. The Bertz CT molecular complexity index is 371. The third kappa shape index (κ3) is 1.64. The summed E-state index contributed by atoms with van der Waals surface area (Å²) in [6.07, 6.45) is 0. The molecule has 0 unspecified atom stereocenters. The number of hydrogen-bond acceptors (Lipinski definition) is 3. The molecule has 4 nitrogen and oxygen atoms in total. The molecular formula is C10H17N3O. The van der Waals surface area contributed by atoms with Gasteiger partial charge in [0, 0.05) is 0 Å². The number of carbonyl (C=O) groups excluding carboxylic acids is 1. The van der Waals surface area contributed by atoms with Gasteiger partial charge in [0.25, 0.3) is 0 Å². The lowest BCUT2D eigenvalue weighted by atomic mass is 10.1. The number of carbonyl (C=O) groups is 1. The Morgan fingerprint density at radius 1 is 1.43 bits per heavy atom. The smallest absolute Gasteiger partial charge is 0.165 e. The first-order valence-corrected chi connectivity index (χ1v) is 4.61. The van der Waals surface area contributed by atoms with Crippen molar-refractivity contribution in [2.75, 3.05) is 5.73 Å². The standard InChI is InChI=1S/C10H17N3O/c1-6-8(7(2)14)9(11)13(12-6)10(3,4)5/h11H2,1-5H3. The Labute approximate surface area is 84.1 Å². The predicted octanol–water partition coefficient (Wildman–Crippen LogP) is 1.73. The van der Waals surface area contributed by atoms with E-state index < -0.39 is 0 Å². The number of nitrogens with two attached hydrogens (primary N) is 1. The minimum absolute atomic E-state index is 0.0319. The normalized spacial score (nSPS) is 11.8. The molecule has 0 aromatic carbocycles. The number of nitrogen functional groups attached to an aromatic ring is 1. The maximum absolute atomic E-state index is 11.3. The number of rotatable bonds is 1. The zero-order valence-corrected chi connectivity index (χ0v) is 9.38. The summed E-state index contributed by atoms with van der Waals surface area (Å²) in [7, 11) is 0. The van der Waals surface area contributed by atoms with Gasteiger partial charge in [-0.05, 0) is 34.6 Å². The SMILES string of the molecule is CC(=O)c1c(C)nn(C(C)(C)C)c1N. The zero-order valence-electron chi connectivity index (χ0n) is 9.38. The average Bonchev–Trinajstić information content (AvgIpc) is 2.24. The van der Waals surface area contributed by atoms with Crippen molar-refractivity contribution in [3.8, 4) is 0 Å². The van der Waals surface area contributed by atoms with Crippen molar-refractivity contribution in [2.45, 2.75) is 40.2 Å². The van der Waals surface area contributed by atoms with Gasteiger partial charge in [-0.1, -0.05) is 0 Å².